The van der Waals surface area contributed by atoms with Crippen molar-refractivity contribution in [1.82, 2.24) is 4.98 Å². The lowest BCUT2D eigenvalue weighted by Gasteiger charge is -1.99. The van der Waals surface area contributed by atoms with Crippen LogP contribution in [0.2, 0.25) is 5.02 Å². The number of H-pyrrole nitrogens is 1. The maximum atomic E-state index is 12.1. The fourth-order valence-electron chi connectivity index (χ4n) is 0.659. The molecule has 1 rings (SSSR count). The average molecular weight is 305 g/mol. The van der Waals surface area contributed by atoms with Crippen molar-refractivity contribution in [2.24, 2.45) is 0 Å². The second-order valence-electron chi connectivity index (χ2n) is 2.00. The molecule has 0 bridgehead atoms. The Balaban J connectivity index is 3.37. The Morgan fingerprint density at radius 2 is 2.17 bits per heavy atom. The molecular weight excluding hydrogens is 302 g/mol. The molecule has 12 heavy (non-hydrogen) atoms. The van der Waals surface area contributed by atoms with Crippen LogP contribution in [0.15, 0.2) is 11.0 Å². The van der Waals surface area contributed by atoms with E-state index in [-0.39, 0.29) is 5.02 Å². The SMILES string of the molecule is O=c1c(C(F)F)c[nH]c(I)c1Cl. The third-order valence-electron chi connectivity index (χ3n) is 1.24. The number of rotatable bonds is 1. The second-order valence-corrected chi connectivity index (χ2v) is 3.46. The molecule has 0 atom stereocenters. The molecule has 2 nitrogen and oxygen atoms in total. The van der Waals surface area contributed by atoms with Gasteiger partial charge in [-0.05, 0) is 22.6 Å². The predicted octanol–water partition coefficient (Wildman–Crippen LogP) is 2.57. The Labute approximate surface area is 85.1 Å². The van der Waals surface area contributed by atoms with Crippen molar-refractivity contribution in [2.75, 3.05) is 0 Å². The minimum absolute atomic E-state index is 0.187. The van der Waals surface area contributed by atoms with Gasteiger partial charge in [0.1, 0.15) is 8.72 Å². The van der Waals surface area contributed by atoms with E-state index in [2.05, 4.69) is 4.98 Å². The monoisotopic (exact) mass is 305 g/mol. The van der Waals surface area contributed by atoms with Crippen LogP contribution in [0.1, 0.15) is 12.0 Å². The summed E-state index contributed by atoms with van der Waals surface area (Å²) in [6, 6.07) is 0. The van der Waals surface area contributed by atoms with Crippen LogP contribution in [-0.2, 0) is 0 Å². The van der Waals surface area contributed by atoms with Crippen LogP contribution < -0.4 is 5.43 Å². The Bertz CT molecular complexity index is 352. The van der Waals surface area contributed by atoms with Gasteiger partial charge in [-0.3, -0.25) is 4.79 Å². The van der Waals surface area contributed by atoms with Crippen LogP contribution in [0.3, 0.4) is 0 Å². The van der Waals surface area contributed by atoms with Crippen molar-refractivity contribution in [3.05, 3.63) is 30.7 Å². The molecular formula is C6H3ClF2INO. The van der Waals surface area contributed by atoms with Gasteiger partial charge in [0.05, 0.1) is 5.56 Å². The molecule has 0 saturated heterocycles. The molecule has 0 aliphatic rings. The largest absolute Gasteiger partial charge is 0.355 e. The maximum Gasteiger partial charge on any atom is 0.269 e. The first kappa shape index (κ1) is 9.91. The predicted molar refractivity (Wildman–Crippen MR) is 49.7 cm³/mol. The molecule has 0 saturated carbocycles. The van der Waals surface area contributed by atoms with Crippen molar-refractivity contribution in [1.29, 1.82) is 0 Å². The summed E-state index contributed by atoms with van der Waals surface area (Å²) in [5, 5.41) is -0.187. The van der Waals surface area contributed by atoms with Gasteiger partial charge >= 0.3 is 0 Å². The van der Waals surface area contributed by atoms with Crippen molar-refractivity contribution in [3.63, 3.8) is 0 Å². The highest BCUT2D eigenvalue weighted by Gasteiger charge is 2.15. The maximum absolute atomic E-state index is 12.1. The third kappa shape index (κ3) is 1.77. The van der Waals surface area contributed by atoms with Crippen LogP contribution in [0, 0.1) is 3.70 Å². The zero-order valence-corrected chi connectivity index (χ0v) is 8.49. The van der Waals surface area contributed by atoms with Crippen molar-refractivity contribution in [3.8, 4) is 0 Å². The molecule has 6 heteroatoms. The highest BCUT2D eigenvalue weighted by molar-refractivity contribution is 14.1. The molecule has 66 valence electrons. The van der Waals surface area contributed by atoms with E-state index in [0.717, 1.165) is 6.20 Å². The van der Waals surface area contributed by atoms with E-state index in [1.807, 2.05) is 0 Å². The molecule has 1 heterocycles. The van der Waals surface area contributed by atoms with Gasteiger partial charge in [-0.2, -0.15) is 0 Å². The van der Waals surface area contributed by atoms with Gasteiger partial charge in [0.25, 0.3) is 6.43 Å². The molecule has 0 unspecified atom stereocenters. The molecule has 0 aliphatic carbocycles. The van der Waals surface area contributed by atoms with Crippen LogP contribution >= 0.6 is 34.2 Å². The van der Waals surface area contributed by atoms with Gasteiger partial charge in [-0.25, -0.2) is 8.78 Å². The molecule has 0 amide bonds. The average Bonchev–Trinajstić information content (AvgIpc) is 2.00. The van der Waals surface area contributed by atoms with E-state index >= 15 is 0 Å². The van der Waals surface area contributed by atoms with Gasteiger partial charge in [0.15, 0.2) is 0 Å². The summed E-state index contributed by atoms with van der Waals surface area (Å²) in [5.74, 6) is 0. The minimum Gasteiger partial charge on any atom is -0.355 e. The van der Waals surface area contributed by atoms with Crippen molar-refractivity contribution < 1.29 is 8.78 Å². The Morgan fingerprint density at radius 1 is 1.58 bits per heavy atom. The summed E-state index contributed by atoms with van der Waals surface area (Å²) in [6.45, 7) is 0. The Kier molecular flexibility index (Phi) is 3.05. The molecule has 1 aromatic rings. The third-order valence-corrected chi connectivity index (χ3v) is 2.77. The van der Waals surface area contributed by atoms with Crippen LogP contribution in [0.25, 0.3) is 0 Å². The summed E-state index contributed by atoms with van der Waals surface area (Å²) in [5.41, 5.74) is -1.41. The number of hydrogen-bond acceptors (Lipinski definition) is 1. The highest BCUT2D eigenvalue weighted by Crippen LogP contribution is 2.18. The van der Waals surface area contributed by atoms with Gasteiger partial charge in [-0.1, -0.05) is 11.6 Å². The summed E-state index contributed by atoms with van der Waals surface area (Å²) in [7, 11) is 0. The van der Waals surface area contributed by atoms with Crippen molar-refractivity contribution >= 4 is 34.2 Å². The fraction of sp³-hybridized carbons (Fsp3) is 0.167. The first-order valence-electron chi connectivity index (χ1n) is 2.88. The zero-order valence-electron chi connectivity index (χ0n) is 5.57. The molecule has 0 aromatic carbocycles. The standard InChI is InChI=1S/C6H3ClF2INO/c7-3-4(12)2(5(8)9)1-11-6(3)10/h1,5H,(H,11,12). The Hall–Kier alpha value is -0.170. The number of pyridine rings is 1. The lowest BCUT2D eigenvalue weighted by Crippen LogP contribution is -2.12. The van der Waals surface area contributed by atoms with E-state index < -0.39 is 17.4 Å². The molecule has 0 radical (unpaired) electrons. The van der Waals surface area contributed by atoms with Crippen molar-refractivity contribution in [2.45, 2.75) is 6.43 Å². The van der Waals surface area contributed by atoms with E-state index in [1.165, 1.54) is 0 Å². The normalized spacial score (nSPS) is 10.8. The highest BCUT2D eigenvalue weighted by atomic mass is 127. The van der Waals surface area contributed by atoms with Gasteiger partial charge < -0.3 is 4.98 Å². The molecule has 0 fully saturated rings. The summed E-state index contributed by atoms with van der Waals surface area (Å²) < 4.78 is 24.5. The molecule has 0 spiro atoms. The fourth-order valence-corrected chi connectivity index (χ4v) is 1.22. The van der Waals surface area contributed by atoms with Gasteiger partial charge in [0.2, 0.25) is 5.43 Å². The number of aromatic nitrogens is 1. The molecule has 1 N–H and O–H groups in total. The van der Waals surface area contributed by atoms with E-state index in [9.17, 15) is 13.6 Å². The zero-order chi connectivity index (χ0) is 9.30. The first-order chi connectivity index (χ1) is 5.54. The smallest absolute Gasteiger partial charge is 0.269 e. The Morgan fingerprint density at radius 3 is 2.67 bits per heavy atom. The van der Waals surface area contributed by atoms with Crippen LogP contribution in [0.5, 0.6) is 0 Å². The van der Waals surface area contributed by atoms with E-state index in [1.54, 1.807) is 22.6 Å². The second kappa shape index (κ2) is 3.69. The summed E-state index contributed by atoms with van der Waals surface area (Å²) >= 11 is 7.20. The van der Waals surface area contributed by atoms with E-state index in [0.29, 0.717) is 3.70 Å². The number of alkyl halides is 2. The lowest BCUT2D eigenvalue weighted by atomic mass is 10.3. The first-order valence-corrected chi connectivity index (χ1v) is 4.34. The minimum atomic E-state index is -2.79. The number of nitrogens with one attached hydrogen (secondary N) is 1. The van der Waals surface area contributed by atoms with Gasteiger partial charge in [0, 0.05) is 6.20 Å². The quantitative estimate of drug-likeness (QED) is 0.628. The number of aromatic amines is 1. The van der Waals surface area contributed by atoms with Crippen LogP contribution in [-0.4, -0.2) is 4.98 Å². The number of halogens is 4. The lowest BCUT2D eigenvalue weighted by molar-refractivity contribution is 0.149. The van der Waals surface area contributed by atoms with Gasteiger partial charge in [-0.15, -0.1) is 0 Å². The number of hydrogen-bond donors (Lipinski definition) is 1. The summed E-state index contributed by atoms with van der Waals surface area (Å²) in [6.07, 6.45) is -1.82. The summed E-state index contributed by atoms with van der Waals surface area (Å²) in [4.78, 5) is 13.5. The molecule has 1 aromatic heterocycles. The van der Waals surface area contributed by atoms with Crippen LogP contribution in [0.4, 0.5) is 8.78 Å². The van der Waals surface area contributed by atoms with E-state index in [4.69, 9.17) is 11.6 Å². The topological polar surface area (TPSA) is 32.9 Å². The molecule has 0 aliphatic heterocycles.